The number of hydrogen-bond acceptors (Lipinski definition) is 4. The highest BCUT2D eigenvalue weighted by Crippen LogP contribution is 2.21. The van der Waals surface area contributed by atoms with E-state index in [1.807, 2.05) is 20.8 Å². The molecule has 0 bridgehead atoms. The third kappa shape index (κ3) is 6.12. The number of carbonyl (C=O) groups excluding carboxylic acids is 3. The van der Waals surface area contributed by atoms with Gasteiger partial charge in [-0.2, -0.15) is 0 Å². The van der Waals surface area contributed by atoms with Gasteiger partial charge in [0, 0.05) is 14.1 Å². The van der Waals surface area contributed by atoms with E-state index in [4.69, 9.17) is 0 Å². The molecule has 0 radical (unpaired) electrons. The van der Waals surface area contributed by atoms with Crippen molar-refractivity contribution in [3.8, 4) is 0 Å². The summed E-state index contributed by atoms with van der Waals surface area (Å²) in [6, 6.07) is -0.669. The van der Waals surface area contributed by atoms with E-state index >= 15 is 0 Å². The Morgan fingerprint density at radius 2 is 1.81 bits per heavy atom. The molecule has 0 aromatic heterocycles. The smallest absolute Gasteiger partial charge is 0.245 e. The van der Waals surface area contributed by atoms with E-state index in [9.17, 15) is 19.6 Å². The van der Waals surface area contributed by atoms with E-state index in [1.54, 1.807) is 21.0 Å². The average molecular weight is 301 g/mol. The Hall–Kier alpha value is -1.63. The lowest BCUT2D eigenvalue weighted by Gasteiger charge is -2.33. The van der Waals surface area contributed by atoms with Crippen LogP contribution in [0, 0.1) is 11.3 Å². The Labute approximate surface area is 126 Å². The van der Waals surface area contributed by atoms with Crippen molar-refractivity contribution in [1.82, 2.24) is 15.3 Å². The van der Waals surface area contributed by atoms with E-state index in [-0.39, 0.29) is 24.8 Å². The minimum absolute atomic E-state index is 0.0984. The third-order valence-electron chi connectivity index (χ3n) is 3.23. The molecule has 2 N–H and O–H groups in total. The van der Waals surface area contributed by atoms with Gasteiger partial charge >= 0.3 is 0 Å². The molecule has 0 saturated heterocycles. The van der Waals surface area contributed by atoms with Crippen LogP contribution in [-0.4, -0.2) is 60.1 Å². The van der Waals surface area contributed by atoms with Crippen molar-refractivity contribution in [3.63, 3.8) is 0 Å². The van der Waals surface area contributed by atoms with E-state index in [0.29, 0.717) is 11.5 Å². The Morgan fingerprint density at radius 3 is 2.14 bits per heavy atom. The fraction of sp³-hybridized carbons (Fsp3) is 0.786. The van der Waals surface area contributed by atoms with Crippen LogP contribution in [0.4, 0.5) is 0 Å². The standard InChI is InChI=1S/C14H27N3O4/c1-7-10(8-17(21)9-18)12(19)15-11(14(2,3)4)13(20)16(5)6/h9-11,21H,7-8H2,1-6H3,(H,15,19)/t10?,11-/m1/s1. The predicted octanol–water partition coefficient (Wildman–Crippen LogP) is 0.479. The fourth-order valence-corrected chi connectivity index (χ4v) is 1.83. The van der Waals surface area contributed by atoms with Crippen LogP contribution in [0.3, 0.4) is 0 Å². The first-order chi connectivity index (χ1) is 9.54. The van der Waals surface area contributed by atoms with E-state index in [2.05, 4.69) is 5.32 Å². The molecule has 0 aromatic carbocycles. The second-order valence-electron chi connectivity index (χ2n) is 6.37. The lowest BCUT2D eigenvalue weighted by molar-refractivity contribution is -0.155. The van der Waals surface area contributed by atoms with Gasteiger partial charge in [0.05, 0.1) is 12.5 Å². The molecule has 0 aromatic rings. The minimum atomic E-state index is -0.669. The fourth-order valence-electron chi connectivity index (χ4n) is 1.83. The number of amides is 3. The Bertz CT molecular complexity index is 377. The number of rotatable bonds is 7. The molecule has 0 rings (SSSR count). The van der Waals surface area contributed by atoms with Crippen LogP contribution in [0.25, 0.3) is 0 Å². The van der Waals surface area contributed by atoms with Crippen molar-refractivity contribution in [2.75, 3.05) is 20.6 Å². The highest BCUT2D eigenvalue weighted by molar-refractivity contribution is 5.89. The summed E-state index contributed by atoms with van der Waals surface area (Å²) in [6.07, 6.45) is 0.700. The van der Waals surface area contributed by atoms with Crippen molar-refractivity contribution in [1.29, 1.82) is 0 Å². The molecule has 122 valence electrons. The summed E-state index contributed by atoms with van der Waals surface area (Å²) in [5.74, 6) is -1.12. The van der Waals surface area contributed by atoms with Gasteiger partial charge in [-0.1, -0.05) is 27.7 Å². The highest BCUT2D eigenvalue weighted by Gasteiger charge is 2.35. The van der Waals surface area contributed by atoms with E-state index < -0.39 is 17.4 Å². The van der Waals surface area contributed by atoms with Crippen molar-refractivity contribution in [2.45, 2.75) is 40.2 Å². The second kappa shape index (κ2) is 7.97. The maximum absolute atomic E-state index is 12.3. The zero-order chi connectivity index (χ0) is 16.8. The number of carbonyl (C=O) groups is 3. The first kappa shape index (κ1) is 19.4. The van der Waals surface area contributed by atoms with Crippen molar-refractivity contribution in [3.05, 3.63) is 0 Å². The normalized spacial score (nSPS) is 14.0. The molecule has 2 atom stereocenters. The number of hydroxylamine groups is 2. The van der Waals surface area contributed by atoms with Crippen LogP contribution >= 0.6 is 0 Å². The monoisotopic (exact) mass is 301 g/mol. The highest BCUT2D eigenvalue weighted by atomic mass is 16.5. The summed E-state index contributed by atoms with van der Waals surface area (Å²) in [6.45, 7) is 7.28. The van der Waals surface area contributed by atoms with Crippen LogP contribution < -0.4 is 5.32 Å². The van der Waals surface area contributed by atoms with Crippen LogP contribution in [0.15, 0.2) is 0 Å². The van der Waals surface area contributed by atoms with Crippen LogP contribution in [-0.2, 0) is 14.4 Å². The second-order valence-corrected chi connectivity index (χ2v) is 6.37. The van der Waals surface area contributed by atoms with Crippen LogP contribution in [0.2, 0.25) is 0 Å². The first-order valence-corrected chi connectivity index (χ1v) is 6.96. The largest absolute Gasteiger partial charge is 0.347 e. The van der Waals surface area contributed by atoms with Crippen LogP contribution in [0.5, 0.6) is 0 Å². The molecule has 0 aliphatic carbocycles. The molecule has 0 fully saturated rings. The van der Waals surface area contributed by atoms with Crippen molar-refractivity contribution < 1.29 is 19.6 Å². The van der Waals surface area contributed by atoms with Gasteiger partial charge in [-0.05, 0) is 11.8 Å². The Morgan fingerprint density at radius 1 is 1.29 bits per heavy atom. The summed E-state index contributed by atoms with van der Waals surface area (Å²) in [5.41, 5.74) is -0.446. The number of nitrogens with zero attached hydrogens (tertiary/aromatic N) is 2. The first-order valence-electron chi connectivity index (χ1n) is 6.96. The van der Waals surface area contributed by atoms with Gasteiger partial charge in [0.25, 0.3) is 0 Å². The van der Waals surface area contributed by atoms with Crippen molar-refractivity contribution >= 4 is 18.2 Å². The third-order valence-corrected chi connectivity index (χ3v) is 3.23. The zero-order valence-electron chi connectivity index (χ0n) is 13.7. The summed E-state index contributed by atoms with van der Waals surface area (Å²) in [5, 5.41) is 12.4. The molecule has 3 amide bonds. The molecular formula is C14H27N3O4. The van der Waals surface area contributed by atoms with Gasteiger partial charge in [0.1, 0.15) is 6.04 Å². The van der Waals surface area contributed by atoms with Crippen LogP contribution in [0.1, 0.15) is 34.1 Å². The van der Waals surface area contributed by atoms with Gasteiger partial charge < -0.3 is 10.2 Å². The maximum Gasteiger partial charge on any atom is 0.245 e. The molecule has 1 unspecified atom stereocenters. The molecule has 7 nitrogen and oxygen atoms in total. The zero-order valence-corrected chi connectivity index (χ0v) is 13.7. The van der Waals surface area contributed by atoms with Gasteiger partial charge in [0.15, 0.2) is 0 Å². The lowest BCUT2D eigenvalue weighted by Crippen LogP contribution is -2.55. The number of likely N-dealkylation sites (N-methyl/N-ethyl adjacent to an activating group) is 1. The molecule has 0 heterocycles. The number of hydrogen-bond donors (Lipinski definition) is 2. The van der Waals surface area contributed by atoms with Crippen molar-refractivity contribution in [2.24, 2.45) is 11.3 Å². The molecule has 0 aliphatic rings. The summed E-state index contributed by atoms with van der Waals surface area (Å²) in [7, 11) is 3.26. The van der Waals surface area contributed by atoms with Gasteiger partial charge in [-0.25, -0.2) is 5.06 Å². The molecule has 0 spiro atoms. The Balaban J connectivity index is 5.03. The molecular weight excluding hydrogens is 274 g/mol. The number of nitrogens with one attached hydrogen (secondary N) is 1. The van der Waals surface area contributed by atoms with E-state index in [0.717, 1.165) is 0 Å². The SMILES string of the molecule is CCC(CN(O)C=O)C(=O)N[C@H](C(=O)N(C)C)C(C)(C)C. The predicted molar refractivity (Wildman–Crippen MR) is 78.4 cm³/mol. The summed E-state index contributed by atoms with van der Waals surface area (Å²) >= 11 is 0. The molecule has 0 aliphatic heterocycles. The lowest BCUT2D eigenvalue weighted by atomic mass is 9.85. The molecule has 21 heavy (non-hydrogen) atoms. The van der Waals surface area contributed by atoms with E-state index in [1.165, 1.54) is 4.90 Å². The molecule has 0 saturated carbocycles. The van der Waals surface area contributed by atoms with Gasteiger partial charge in [-0.15, -0.1) is 0 Å². The minimum Gasteiger partial charge on any atom is -0.347 e. The quantitative estimate of drug-likeness (QED) is 0.406. The van der Waals surface area contributed by atoms with Gasteiger partial charge in [0.2, 0.25) is 18.2 Å². The average Bonchev–Trinajstić information content (AvgIpc) is 2.39. The Kier molecular flexibility index (Phi) is 7.35. The topological polar surface area (TPSA) is 90.0 Å². The van der Waals surface area contributed by atoms with Gasteiger partial charge in [-0.3, -0.25) is 19.6 Å². The summed E-state index contributed by atoms with van der Waals surface area (Å²) < 4.78 is 0. The molecule has 7 heteroatoms. The summed E-state index contributed by atoms with van der Waals surface area (Å²) in [4.78, 5) is 36.4. The maximum atomic E-state index is 12.3.